The van der Waals surface area contributed by atoms with E-state index in [9.17, 15) is 9.59 Å². The normalized spacial score (nSPS) is 24.8. The van der Waals surface area contributed by atoms with Crippen LogP contribution in [0.2, 0.25) is 0 Å². The van der Waals surface area contributed by atoms with Crippen molar-refractivity contribution in [2.45, 2.75) is 51.2 Å². The van der Waals surface area contributed by atoms with E-state index in [1.165, 1.54) is 50.7 Å². The van der Waals surface area contributed by atoms with Crippen LogP contribution in [0.5, 0.6) is 0 Å². The van der Waals surface area contributed by atoms with Gasteiger partial charge in [-0.05, 0) is 51.2 Å². The third-order valence-electron chi connectivity index (χ3n) is 4.54. The van der Waals surface area contributed by atoms with Crippen LogP contribution in [0.25, 0.3) is 0 Å². The fraction of sp³-hybridized carbons (Fsp3) is 0.875. The second-order valence-electron chi connectivity index (χ2n) is 6.51. The van der Waals surface area contributed by atoms with Gasteiger partial charge in [-0.3, -0.25) is 9.59 Å². The lowest BCUT2D eigenvalue weighted by atomic mass is 9.99. The number of rotatable bonds is 6. The SMILES string of the molecule is CC(=O)SC1CC(=O)N(CCCCN2CCC(C)CC2)C1. The van der Waals surface area contributed by atoms with Gasteiger partial charge in [0.25, 0.3) is 0 Å². The van der Waals surface area contributed by atoms with Crippen molar-refractivity contribution in [2.24, 2.45) is 5.92 Å². The fourth-order valence-corrected chi connectivity index (χ4v) is 4.14. The van der Waals surface area contributed by atoms with E-state index in [0.717, 1.165) is 25.4 Å². The summed E-state index contributed by atoms with van der Waals surface area (Å²) < 4.78 is 0. The van der Waals surface area contributed by atoms with Crippen molar-refractivity contribution in [1.82, 2.24) is 9.80 Å². The molecule has 2 rings (SSSR count). The van der Waals surface area contributed by atoms with E-state index in [-0.39, 0.29) is 16.3 Å². The molecule has 1 unspecified atom stereocenters. The maximum Gasteiger partial charge on any atom is 0.223 e. The topological polar surface area (TPSA) is 40.6 Å². The quantitative estimate of drug-likeness (QED) is 0.706. The molecule has 0 aromatic carbocycles. The summed E-state index contributed by atoms with van der Waals surface area (Å²) in [5, 5.41) is 0.299. The molecule has 0 radical (unpaired) electrons. The van der Waals surface area contributed by atoms with Crippen LogP contribution < -0.4 is 0 Å². The molecule has 1 amide bonds. The number of nitrogens with zero attached hydrogens (tertiary/aromatic N) is 2. The maximum atomic E-state index is 11.9. The van der Waals surface area contributed by atoms with Gasteiger partial charge in [-0.2, -0.15) is 0 Å². The van der Waals surface area contributed by atoms with Gasteiger partial charge in [0.2, 0.25) is 5.91 Å². The molecule has 0 aromatic heterocycles. The summed E-state index contributed by atoms with van der Waals surface area (Å²) in [5.74, 6) is 1.11. The molecule has 0 aliphatic carbocycles. The van der Waals surface area contributed by atoms with Crippen molar-refractivity contribution in [3.63, 3.8) is 0 Å². The van der Waals surface area contributed by atoms with Crippen LogP contribution in [0, 0.1) is 5.92 Å². The zero-order valence-electron chi connectivity index (χ0n) is 13.3. The van der Waals surface area contributed by atoms with E-state index < -0.39 is 0 Å². The van der Waals surface area contributed by atoms with Crippen LogP contribution in [0.15, 0.2) is 0 Å². The first-order valence-electron chi connectivity index (χ1n) is 8.22. The van der Waals surface area contributed by atoms with Gasteiger partial charge in [0.05, 0.1) is 0 Å². The summed E-state index contributed by atoms with van der Waals surface area (Å²) in [4.78, 5) is 27.5. The molecule has 0 spiro atoms. The Morgan fingerprint density at radius 2 is 1.90 bits per heavy atom. The van der Waals surface area contributed by atoms with Gasteiger partial charge >= 0.3 is 0 Å². The van der Waals surface area contributed by atoms with Crippen molar-refractivity contribution in [1.29, 1.82) is 0 Å². The molecule has 2 heterocycles. The van der Waals surface area contributed by atoms with Crippen LogP contribution in [0.1, 0.15) is 46.0 Å². The smallest absolute Gasteiger partial charge is 0.223 e. The number of amides is 1. The predicted molar refractivity (Wildman–Crippen MR) is 87.3 cm³/mol. The molecule has 0 aromatic rings. The van der Waals surface area contributed by atoms with Crippen molar-refractivity contribution < 1.29 is 9.59 Å². The third kappa shape index (κ3) is 5.62. The molecule has 0 N–H and O–H groups in total. The maximum absolute atomic E-state index is 11.9. The third-order valence-corrected chi connectivity index (χ3v) is 5.52. The number of piperidine rings is 1. The van der Waals surface area contributed by atoms with E-state index in [4.69, 9.17) is 0 Å². The first kappa shape index (κ1) is 16.8. The van der Waals surface area contributed by atoms with E-state index in [1.807, 2.05) is 4.90 Å². The number of thioether (sulfide) groups is 1. The molecule has 2 aliphatic rings. The highest BCUT2D eigenvalue weighted by molar-refractivity contribution is 8.14. The lowest BCUT2D eigenvalue weighted by molar-refractivity contribution is -0.127. The van der Waals surface area contributed by atoms with Crippen molar-refractivity contribution in [3.05, 3.63) is 0 Å². The zero-order chi connectivity index (χ0) is 15.2. The predicted octanol–water partition coefficient (Wildman–Crippen LogP) is 2.38. The monoisotopic (exact) mass is 312 g/mol. The molecule has 0 bridgehead atoms. The first-order valence-corrected chi connectivity index (χ1v) is 9.10. The second-order valence-corrected chi connectivity index (χ2v) is 7.98. The Bertz CT molecular complexity index is 367. The van der Waals surface area contributed by atoms with Crippen LogP contribution in [-0.4, -0.2) is 58.8 Å². The molecule has 1 atom stereocenters. The lowest BCUT2D eigenvalue weighted by Crippen LogP contribution is -2.34. The minimum Gasteiger partial charge on any atom is -0.342 e. The first-order chi connectivity index (χ1) is 10.0. The minimum absolute atomic E-state index is 0.119. The average molecular weight is 312 g/mol. The van der Waals surface area contributed by atoms with Gasteiger partial charge in [-0.1, -0.05) is 18.7 Å². The van der Waals surface area contributed by atoms with Crippen LogP contribution in [-0.2, 0) is 9.59 Å². The summed E-state index contributed by atoms with van der Waals surface area (Å²) in [6, 6.07) is 0. The Labute approximate surface area is 132 Å². The fourth-order valence-electron chi connectivity index (χ4n) is 3.19. The largest absolute Gasteiger partial charge is 0.342 e. The Kier molecular flexibility index (Phi) is 6.55. The van der Waals surface area contributed by atoms with Crippen molar-refractivity contribution in [2.75, 3.05) is 32.7 Å². The van der Waals surface area contributed by atoms with E-state index in [2.05, 4.69) is 11.8 Å². The highest BCUT2D eigenvalue weighted by Crippen LogP contribution is 2.24. The molecule has 2 fully saturated rings. The van der Waals surface area contributed by atoms with Gasteiger partial charge in [0, 0.05) is 31.7 Å². The molecule has 0 saturated carbocycles. The zero-order valence-corrected chi connectivity index (χ0v) is 14.2. The van der Waals surface area contributed by atoms with Gasteiger partial charge in [0.1, 0.15) is 0 Å². The second kappa shape index (κ2) is 8.18. The molecule has 120 valence electrons. The lowest BCUT2D eigenvalue weighted by Gasteiger charge is -2.30. The minimum atomic E-state index is 0.119. The number of carbonyl (C=O) groups excluding carboxylic acids is 2. The average Bonchev–Trinajstić information content (AvgIpc) is 2.76. The van der Waals surface area contributed by atoms with Crippen LogP contribution >= 0.6 is 11.8 Å². The van der Waals surface area contributed by atoms with Crippen molar-refractivity contribution in [3.8, 4) is 0 Å². The Hall–Kier alpha value is -0.550. The molecule has 4 nitrogen and oxygen atoms in total. The molecule has 5 heteroatoms. The van der Waals surface area contributed by atoms with E-state index in [0.29, 0.717) is 6.42 Å². The highest BCUT2D eigenvalue weighted by atomic mass is 32.2. The standard InChI is InChI=1S/C16H28N2O2S/c1-13-5-9-17(10-6-13)7-3-4-8-18-12-15(11-16(18)20)21-14(2)19/h13,15H,3-12H2,1-2H3. The molecular formula is C16H28N2O2S. The van der Waals surface area contributed by atoms with Crippen LogP contribution in [0.3, 0.4) is 0 Å². The van der Waals surface area contributed by atoms with Crippen LogP contribution in [0.4, 0.5) is 0 Å². The Morgan fingerprint density at radius 3 is 2.57 bits per heavy atom. The van der Waals surface area contributed by atoms with Crippen molar-refractivity contribution >= 4 is 22.8 Å². The Balaban J connectivity index is 1.58. The summed E-state index contributed by atoms with van der Waals surface area (Å²) in [5.41, 5.74) is 0. The van der Waals surface area contributed by atoms with Gasteiger partial charge in [0.15, 0.2) is 5.12 Å². The van der Waals surface area contributed by atoms with E-state index in [1.54, 1.807) is 6.92 Å². The van der Waals surface area contributed by atoms with Gasteiger partial charge in [-0.15, -0.1) is 0 Å². The number of unbranched alkanes of at least 4 members (excludes halogenated alkanes) is 1. The van der Waals surface area contributed by atoms with E-state index >= 15 is 0 Å². The highest BCUT2D eigenvalue weighted by Gasteiger charge is 2.30. The molecular weight excluding hydrogens is 284 g/mol. The summed E-state index contributed by atoms with van der Waals surface area (Å²) in [7, 11) is 0. The summed E-state index contributed by atoms with van der Waals surface area (Å²) in [6.07, 6.45) is 5.44. The summed E-state index contributed by atoms with van der Waals surface area (Å²) >= 11 is 1.32. The van der Waals surface area contributed by atoms with Gasteiger partial charge in [-0.25, -0.2) is 0 Å². The molecule has 21 heavy (non-hydrogen) atoms. The summed E-state index contributed by atoms with van der Waals surface area (Å²) in [6.45, 7) is 9.17. The number of hydrogen-bond acceptors (Lipinski definition) is 4. The van der Waals surface area contributed by atoms with Gasteiger partial charge < -0.3 is 9.80 Å². The number of likely N-dealkylation sites (tertiary alicyclic amines) is 2. The number of hydrogen-bond donors (Lipinski definition) is 0. The Morgan fingerprint density at radius 1 is 1.24 bits per heavy atom. The molecule has 2 aliphatic heterocycles. The number of carbonyl (C=O) groups is 2. The molecule has 2 saturated heterocycles.